The first-order chi connectivity index (χ1) is 5.95. The summed E-state index contributed by atoms with van der Waals surface area (Å²) in [5, 5.41) is 8.37. The van der Waals surface area contributed by atoms with Gasteiger partial charge in [-0.1, -0.05) is 12.5 Å². The summed E-state index contributed by atoms with van der Waals surface area (Å²) in [6.07, 6.45) is 0.479. The molecule has 3 nitrogen and oxygen atoms in total. The predicted molar refractivity (Wildman–Crippen MR) is 53.4 cm³/mol. The van der Waals surface area contributed by atoms with Gasteiger partial charge in [-0.15, -0.1) is 6.58 Å². The Morgan fingerprint density at radius 1 is 1.54 bits per heavy atom. The predicted octanol–water partition coefficient (Wildman–Crippen LogP) is 1.76. The fourth-order valence-corrected chi connectivity index (χ4v) is 0.513. The number of carbonyl (C=O) groups excluding carboxylic acids is 1. The largest absolute Gasteiger partial charge is 0.469 e. The number of aliphatic hydroxyl groups excluding tert-OH is 1. The lowest BCUT2D eigenvalue weighted by molar-refractivity contribution is -0.145. The SMILES string of the molecule is C=C(C)C.COC(=O)[C@@H](C)CCO. The Morgan fingerprint density at radius 3 is 2.15 bits per heavy atom. The molecule has 1 N–H and O–H groups in total. The monoisotopic (exact) mass is 188 g/mol. The van der Waals surface area contributed by atoms with Gasteiger partial charge in [0.05, 0.1) is 13.0 Å². The number of methoxy groups -OCH3 is 1. The number of rotatable bonds is 3. The Hall–Kier alpha value is -0.830. The molecule has 0 aliphatic carbocycles. The molecule has 0 saturated heterocycles. The lowest BCUT2D eigenvalue weighted by atomic mass is 10.1. The van der Waals surface area contributed by atoms with E-state index in [1.807, 2.05) is 13.8 Å². The minimum absolute atomic E-state index is 0.0380. The normalized spacial score (nSPS) is 10.8. The first-order valence-electron chi connectivity index (χ1n) is 4.26. The highest BCUT2D eigenvalue weighted by Crippen LogP contribution is 2.01. The van der Waals surface area contributed by atoms with Crippen molar-refractivity contribution >= 4 is 5.97 Å². The van der Waals surface area contributed by atoms with E-state index in [2.05, 4.69) is 11.3 Å². The molecule has 78 valence electrons. The van der Waals surface area contributed by atoms with Crippen molar-refractivity contribution in [2.45, 2.75) is 27.2 Å². The Labute approximate surface area is 80.4 Å². The number of allylic oxidation sites excluding steroid dienone is 1. The first kappa shape index (κ1) is 14.7. The maximum atomic E-state index is 10.6. The van der Waals surface area contributed by atoms with E-state index < -0.39 is 0 Å². The van der Waals surface area contributed by atoms with Crippen LogP contribution in [0, 0.1) is 5.92 Å². The fraction of sp³-hybridized carbons (Fsp3) is 0.700. The van der Waals surface area contributed by atoms with Crippen LogP contribution in [0.5, 0.6) is 0 Å². The molecule has 3 heteroatoms. The third-order valence-electron chi connectivity index (χ3n) is 1.17. The van der Waals surface area contributed by atoms with Gasteiger partial charge >= 0.3 is 5.97 Å². The van der Waals surface area contributed by atoms with Crippen molar-refractivity contribution in [3.63, 3.8) is 0 Å². The van der Waals surface area contributed by atoms with Crippen LogP contribution in [-0.2, 0) is 9.53 Å². The minimum Gasteiger partial charge on any atom is -0.469 e. The Bertz CT molecular complexity index is 148. The van der Waals surface area contributed by atoms with Crippen LogP contribution in [0.25, 0.3) is 0 Å². The van der Waals surface area contributed by atoms with Crippen molar-refractivity contribution < 1.29 is 14.6 Å². The van der Waals surface area contributed by atoms with Crippen molar-refractivity contribution in [3.05, 3.63) is 12.2 Å². The van der Waals surface area contributed by atoms with Crippen molar-refractivity contribution in [1.29, 1.82) is 0 Å². The van der Waals surface area contributed by atoms with Crippen molar-refractivity contribution in [3.8, 4) is 0 Å². The van der Waals surface area contributed by atoms with Gasteiger partial charge in [-0.05, 0) is 20.3 Å². The molecule has 0 aromatic carbocycles. The molecule has 0 amide bonds. The summed E-state index contributed by atoms with van der Waals surface area (Å²) in [7, 11) is 1.34. The number of hydrogen-bond donors (Lipinski definition) is 1. The Morgan fingerprint density at radius 2 is 1.92 bits per heavy atom. The van der Waals surface area contributed by atoms with Gasteiger partial charge in [0.2, 0.25) is 0 Å². The van der Waals surface area contributed by atoms with E-state index in [-0.39, 0.29) is 18.5 Å². The van der Waals surface area contributed by atoms with Gasteiger partial charge < -0.3 is 9.84 Å². The van der Waals surface area contributed by atoms with Crippen LogP contribution in [0.1, 0.15) is 27.2 Å². The van der Waals surface area contributed by atoms with E-state index in [1.54, 1.807) is 6.92 Å². The molecule has 0 aliphatic heterocycles. The first-order valence-corrected chi connectivity index (χ1v) is 4.26. The van der Waals surface area contributed by atoms with Gasteiger partial charge in [0, 0.05) is 6.61 Å². The molecule has 0 aliphatic rings. The smallest absolute Gasteiger partial charge is 0.308 e. The molecule has 1 atom stereocenters. The zero-order chi connectivity index (χ0) is 10.9. The van der Waals surface area contributed by atoms with Gasteiger partial charge in [0.1, 0.15) is 0 Å². The third-order valence-corrected chi connectivity index (χ3v) is 1.17. The number of aliphatic hydroxyl groups is 1. The number of ether oxygens (including phenoxy) is 1. The van der Waals surface area contributed by atoms with E-state index in [0.717, 1.165) is 0 Å². The average Bonchev–Trinajstić information content (AvgIpc) is 2.02. The fourth-order valence-electron chi connectivity index (χ4n) is 0.513. The number of esters is 1. The second kappa shape index (κ2) is 9.26. The summed E-state index contributed by atoms with van der Waals surface area (Å²) < 4.78 is 4.41. The highest BCUT2D eigenvalue weighted by Gasteiger charge is 2.10. The topological polar surface area (TPSA) is 46.5 Å². The molecule has 13 heavy (non-hydrogen) atoms. The molecule has 0 radical (unpaired) electrons. The van der Waals surface area contributed by atoms with Crippen LogP contribution in [0.2, 0.25) is 0 Å². The lowest BCUT2D eigenvalue weighted by Crippen LogP contribution is -2.13. The van der Waals surface area contributed by atoms with Crippen LogP contribution in [0.4, 0.5) is 0 Å². The molecule has 0 fully saturated rings. The van der Waals surface area contributed by atoms with Gasteiger partial charge in [-0.25, -0.2) is 0 Å². The zero-order valence-electron chi connectivity index (χ0n) is 8.96. The molecular formula is C10H20O3. The second-order valence-electron chi connectivity index (χ2n) is 3.14. The zero-order valence-corrected chi connectivity index (χ0v) is 8.96. The Kier molecular flexibility index (Phi) is 10.5. The lowest BCUT2D eigenvalue weighted by Gasteiger charge is -2.04. The number of carbonyl (C=O) groups is 1. The molecule has 0 saturated carbocycles. The number of hydrogen-bond acceptors (Lipinski definition) is 3. The van der Waals surface area contributed by atoms with Crippen LogP contribution in [-0.4, -0.2) is 24.8 Å². The van der Waals surface area contributed by atoms with Crippen molar-refractivity contribution in [1.82, 2.24) is 0 Å². The summed E-state index contributed by atoms with van der Waals surface area (Å²) in [5.74, 6) is -0.441. The van der Waals surface area contributed by atoms with Crippen LogP contribution in [0.15, 0.2) is 12.2 Å². The molecule has 0 aromatic heterocycles. The van der Waals surface area contributed by atoms with E-state index in [9.17, 15) is 4.79 Å². The molecule has 0 aromatic rings. The minimum atomic E-state index is -0.260. The molecular weight excluding hydrogens is 168 g/mol. The summed E-state index contributed by atoms with van der Waals surface area (Å²) in [4.78, 5) is 10.6. The quantitative estimate of drug-likeness (QED) is 0.542. The van der Waals surface area contributed by atoms with E-state index in [0.29, 0.717) is 6.42 Å². The van der Waals surface area contributed by atoms with Gasteiger partial charge in [0.15, 0.2) is 0 Å². The summed E-state index contributed by atoms with van der Waals surface area (Å²) >= 11 is 0. The Balaban J connectivity index is 0. The maximum absolute atomic E-state index is 10.6. The highest BCUT2D eigenvalue weighted by molar-refractivity contribution is 5.71. The summed E-state index contributed by atoms with van der Waals surface area (Å²) in [5.41, 5.74) is 1.17. The molecule has 0 unspecified atom stereocenters. The maximum Gasteiger partial charge on any atom is 0.308 e. The van der Waals surface area contributed by atoms with Crippen molar-refractivity contribution in [2.75, 3.05) is 13.7 Å². The van der Waals surface area contributed by atoms with Crippen LogP contribution >= 0.6 is 0 Å². The molecule has 0 bridgehead atoms. The summed E-state index contributed by atoms with van der Waals surface area (Å²) in [6.45, 7) is 9.26. The average molecular weight is 188 g/mol. The molecule has 0 rings (SSSR count). The summed E-state index contributed by atoms with van der Waals surface area (Å²) in [6, 6.07) is 0. The molecule has 0 spiro atoms. The molecule has 0 heterocycles. The standard InChI is InChI=1S/C6H12O3.C4H8/c1-5(3-4-7)6(8)9-2;1-4(2)3/h5,7H,3-4H2,1-2H3;1H2,2-3H3/t5-;/m0./s1. The van der Waals surface area contributed by atoms with Gasteiger partial charge in [-0.2, -0.15) is 0 Å². The van der Waals surface area contributed by atoms with E-state index in [1.165, 1.54) is 12.7 Å². The van der Waals surface area contributed by atoms with Crippen LogP contribution < -0.4 is 0 Å². The second-order valence-corrected chi connectivity index (χ2v) is 3.14. The third kappa shape index (κ3) is 14.1. The van der Waals surface area contributed by atoms with Gasteiger partial charge in [0.25, 0.3) is 0 Å². The van der Waals surface area contributed by atoms with Gasteiger partial charge in [-0.3, -0.25) is 4.79 Å². The van der Waals surface area contributed by atoms with Crippen LogP contribution in [0.3, 0.4) is 0 Å². The van der Waals surface area contributed by atoms with Crippen molar-refractivity contribution in [2.24, 2.45) is 5.92 Å². The van der Waals surface area contributed by atoms with E-state index in [4.69, 9.17) is 5.11 Å². The van der Waals surface area contributed by atoms with E-state index >= 15 is 0 Å². The highest BCUT2D eigenvalue weighted by atomic mass is 16.5.